The molecule has 2 heterocycles. The molecule has 1 saturated heterocycles. The second-order valence-electron chi connectivity index (χ2n) is 6.83. The van der Waals surface area contributed by atoms with Crippen LogP contribution in [-0.2, 0) is 13.0 Å². The second-order valence-corrected chi connectivity index (χ2v) is 6.83. The van der Waals surface area contributed by atoms with Gasteiger partial charge in [0.05, 0.1) is 13.2 Å². The molecule has 2 aromatic rings. The number of aryl methyl sites for hydroxylation is 2. The van der Waals surface area contributed by atoms with Crippen molar-refractivity contribution in [2.45, 2.75) is 32.9 Å². The minimum atomic E-state index is -0.266. The average Bonchev–Trinajstić information content (AvgIpc) is 2.91. The maximum Gasteiger partial charge on any atom is 0.122 e. The van der Waals surface area contributed by atoms with Crippen LogP contribution in [0.1, 0.15) is 22.3 Å². The van der Waals surface area contributed by atoms with E-state index in [9.17, 15) is 5.11 Å². The lowest BCUT2D eigenvalue weighted by Gasteiger charge is -2.18. The molecule has 0 bridgehead atoms. The number of pyridine rings is 1. The van der Waals surface area contributed by atoms with Crippen LogP contribution < -0.4 is 4.74 Å². The zero-order valence-corrected chi connectivity index (χ0v) is 14.7. The fraction of sp³-hybridized carbons (Fsp3) is 0.450. The smallest absolute Gasteiger partial charge is 0.122 e. The van der Waals surface area contributed by atoms with Crippen LogP contribution in [0.15, 0.2) is 36.7 Å². The predicted molar refractivity (Wildman–Crippen MR) is 95.2 cm³/mol. The number of aliphatic hydroxyl groups is 1. The van der Waals surface area contributed by atoms with Gasteiger partial charge < -0.3 is 9.84 Å². The zero-order valence-electron chi connectivity index (χ0n) is 14.7. The molecule has 0 saturated carbocycles. The first-order valence-electron chi connectivity index (χ1n) is 8.50. The first kappa shape index (κ1) is 16.9. The van der Waals surface area contributed by atoms with Crippen molar-refractivity contribution in [2.24, 2.45) is 5.92 Å². The molecule has 3 rings (SSSR count). The molecule has 1 fully saturated rings. The van der Waals surface area contributed by atoms with Crippen LogP contribution in [-0.4, -0.2) is 41.3 Å². The Balaban J connectivity index is 1.66. The summed E-state index contributed by atoms with van der Waals surface area (Å²) in [6.07, 6.45) is 4.27. The molecule has 1 aromatic heterocycles. The maximum atomic E-state index is 10.4. The third kappa shape index (κ3) is 3.77. The summed E-state index contributed by atoms with van der Waals surface area (Å²) in [6, 6.07) is 8.38. The van der Waals surface area contributed by atoms with E-state index in [4.69, 9.17) is 4.74 Å². The van der Waals surface area contributed by atoms with Crippen molar-refractivity contribution in [1.82, 2.24) is 9.88 Å². The monoisotopic (exact) mass is 326 g/mol. The lowest BCUT2D eigenvalue weighted by molar-refractivity contribution is 0.141. The summed E-state index contributed by atoms with van der Waals surface area (Å²) in [7, 11) is 1.71. The number of nitrogens with zero attached hydrogens (tertiary/aromatic N) is 2. The largest absolute Gasteiger partial charge is 0.496 e. The number of aromatic nitrogens is 1. The Morgan fingerprint density at radius 2 is 1.92 bits per heavy atom. The van der Waals surface area contributed by atoms with Crippen molar-refractivity contribution < 1.29 is 9.84 Å². The highest BCUT2D eigenvalue weighted by atomic mass is 16.5. The number of methoxy groups -OCH3 is 1. The number of benzene rings is 1. The van der Waals surface area contributed by atoms with Crippen LogP contribution in [0.3, 0.4) is 0 Å². The van der Waals surface area contributed by atoms with Crippen molar-refractivity contribution in [3.8, 4) is 5.75 Å². The Hall–Kier alpha value is -1.91. The fourth-order valence-electron chi connectivity index (χ4n) is 3.57. The Kier molecular flexibility index (Phi) is 5.17. The van der Waals surface area contributed by atoms with Gasteiger partial charge >= 0.3 is 0 Å². The molecule has 1 aliphatic heterocycles. The highest BCUT2D eigenvalue weighted by Gasteiger charge is 2.31. The Bertz CT molecular complexity index is 688. The lowest BCUT2D eigenvalue weighted by Crippen LogP contribution is -2.22. The number of hydrogen-bond acceptors (Lipinski definition) is 4. The standard InChI is InChI=1S/C20H26N2O2/c1-14-9-20(24-3)15(2)8-17(14)11-22-12-18(19(23)13-22)10-16-4-6-21-7-5-16/h4-9,18-19,23H,10-13H2,1-3H3/t18-,19+/m1/s1. The van der Waals surface area contributed by atoms with E-state index in [0.29, 0.717) is 0 Å². The van der Waals surface area contributed by atoms with Crippen LogP contribution in [0.25, 0.3) is 0 Å². The third-order valence-electron chi connectivity index (χ3n) is 4.98. The number of β-amino-alcohol motifs (C(OH)–C–C–N with tert-alkyl or cyclic N) is 1. The van der Waals surface area contributed by atoms with E-state index in [1.54, 1.807) is 7.11 Å². The molecule has 4 nitrogen and oxygen atoms in total. The summed E-state index contributed by atoms with van der Waals surface area (Å²) in [5.41, 5.74) is 4.95. The summed E-state index contributed by atoms with van der Waals surface area (Å²) in [6.45, 7) is 6.74. The van der Waals surface area contributed by atoms with Crippen molar-refractivity contribution in [3.63, 3.8) is 0 Å². The van der Waals surface area contributed by atoms with Gasteiger partial charge in [0.2, 0.25) is 0 Å². The van der Waals surface area contributed by atoms with Crippen LogP contribution >= 0.6 is 0 Å². The first-order valence-corrected chi connectivity index (χ1v) is 8.50. The van der Waals surface area contributed by atoms with Gasteiger partial charge in [0.25, 0.3) is 0 Å². The van der Waals surface area contributed by atoms with E-state index in [1.807, 2.05) is 24.5 Å². The Labute approximate surface area is 144 Å². The maximum absolute atomic E-state index is 10.4. The molecule has 1 N–H and O–H groups in total. The van der Waals surface area contributed by atoms with Gasteiger partial charge in [0.1, 0.15) is 5.75 Å². The molecule has 0 radical (unpaired) electrons. The SMILES string of the molecule is COc1cc(C)c(CN2C[C@@H](Cc3ccncc3)[C@@H](O)C2)cc1C. The molecule has 0 amide bonds. The number of aliphatic hydroxyl groups excluding tert-OH is 1. The van der Waals surface area contributed by atoms with E-state index < -0.39 is 0 Å². The molecule has 2 atom stereocenters. The minimum absolute atomic E-state index is 0.266. The summed E-state index contributed by atoms with van der Waals surface area (Å²) in [5, 5.41) is 10.4. The van der Waals surface area contributed by atoms with Crippen LogP contribution in [0, 0.1) is 19.8 Å². The van der Waals surface area contributed by atoms with Crippen molar-refractivity contribution >= 4 is 0 Å². The summed E-state index contributed by atoms with van der Waals surface area (Å²) < 4.78 is 5.39. The molecular weight excluding hydrogens is 300 g/mol. The van der Waals surface area contributed by atoms with E-state index in [2.05, 4.69) is 35.9 Å². The van der Waals surface area contributed by atoms with Crippen LogP contribution in [0.5, 0.6) is 5.75 Å². The quantitative estimate of drug-likeness (QED) is 0.918. The van der Waals surface area contributed by atoms with E-state index in [-0.39, 0.29) is 12.0 Å². The average molecular weight is 326 g/mol. The first-order chi connectivity index (χ1) is 11.6. The molecule has 0 unspecified atom stereocenters. The summed E-state index contributed by atoms with van der Waals surface area (Å²) >= 11 is 0. The van der Waals surface area contributed by atoms with Crippen LogP contribution in [0.2, 0.25) is 0 Å². The molecule has 24 heavy (non-hydrogen) atoms. The lowest BCUT2D eigenvalue weighted by atomic mass is 9.97. The highest BCUT2D eigenvalue weighted by molar-refractivity contribution is 5.41. The molecule has 0 aliphatic carbocycles. The topological polar surface area (TPSA) is 45.6 Å². The van der Waals surface area contributed by atoms with E-state index in [0.717, 1.165) is 37.4 Å². The third-order valence-corrected chi connectivity index (χ3v) is 4.98. The normalized spacial score (nSPS) is 21.2. The highest BCUT2D eigenvalue weighted by Crippen LogP contribution is 2.27. The molecule has 128 valence electrons. The van der Waals surface area contributed by atoms with Gasteiger partial charge in [-0.2, -0.15) is 0 Å². The van der Waals surface area contributed by atoms with Gasteiger partial charge in [-0.25, -0.2) is 0 Å². The van der Waals surface area contributed by atoms with Gasteiger partial charge in [0, 0.05) is 37.9 Å². The minimum Gasteiger partial charge on any atom is -0.496 e. The molecule has 1 aliphatic rings. The molecule has 4 heteroatoms. The zero-order chi connectivity index (χ0) is 17.1. The Morgan fingerprint density at radius 3 is 2.62 bits per heavy atom. The van der Waals surface area contributed by atoms with Gasteiger partial charge in [-0.1, -0.05) is 6.07 Å². The number of rotatable bonds is 5. The Morgan fingerprint density at radius 1 is 1.17 bits per heavy atom. The van der Waals surface area contributed by atoms with Gasteiger partial charge in [-0.3, -0.25) is 9.88 Å². The number of hydrogen-bond donors (Lipinski definition) is 1. The van der Waals surface area contributed by atoms with Crippen molar-refractivity contribution in [1.29, 1.82) is 0 Å². The van der Waals surface area contributed by atoms with Gasteiger partial charge in [0.15, 0.2) is 0 Å². The van der Waals surface area contributed by atoms with Crippen molar-refractivity contribution in [3.05, 3.63) is 58.9 Å². The van der Waals surface area contributed by atoms with Gasteiger partial charge in [-0.05, 0) is 60.7 Å². The van der Waals surface area contributed by atoms with Crippen molar-refractivity contribution in [2.75, 3.05) is 20.2 Å². The number of likely N-dealkylation sites (tertiary alicyclic amines) is 1. The van der Waals surface area contributed by atoms with E-state index >= 15 is 0 Å². The summed E-state index contributed by atoms with van der Waals surface area (Å²) in [5.74, 6) is 1.22. The summed E-state index contributed by atoms with van der Waals surface area (Å²) in [4.78, 5) is 6.41. The van der Waals surface area contributed by atoms with E-state index in [1.165, 1.54) is 16.7 Å². The van der Waals surface area contributed by atoms with Gasteiger partial charge in [-0.15, -0.1) is 0 Å². The molecule has 0 spiro atoms. The molecular formula is C20H26N2O2. The molecule has 1 aromatic carbocycles. The van der Waals surface area contributed by atoms with Crippen LogP contribution in [0.4, 0.5) is 0 Å². The second kappa shape index (κ2) is 7.32. The number of ether oxygens (including phenoxy) is 1. The predicted octanol–water partition coefficient (Wildman–Crippen LogP) is 2.74. The fourth-order valence-corrected chi connectivity index (χ4v) is 3.57.